The number of carbonyl (C=O) groups excluding carboxylic acids is 1. The molecular formula is C6H9N3O. The van der Waals surface area contributed by atoms with E-state index in [9.17, 15) is 4.79 Å². The van der Waals surface area contributed by atoms with Crippen LogP contribution in [0.2, 0.25) is 0 Å². The minimum Gasteiger partial charge on any atom is -0.343 e. The first kappa shape index (κ1) is 6.80. The highest BCUT2D eigenvalue weighted by molar-refractivity contribution is 5.91. The number of nitrogens with one attached hydrogen (secondary N) is 1. The number of nitrogens with zero attached hydrogens (tertiary/aromatic N) is 2. The Morgan fingerprint density at radius 3 is 2.80 bits per heavy atom. The molecule has 1 heterocycles. The van der Waals surface area contributed by atoms with Gasteiger partial charge >= 0.3 is 0 Å². The van der Waals surface area contributed by atoms with Crippen LogP contribution in [0, 0.1) is 0 Å². The average Bonchev–Trinajstić information content (AvgIpc) is 2.36. The quantitative estimate of drug-likeness (QED) is 0.600. The SMILES string of the molecule is CN(C)C(=O)c1cc[nH]n1. The molecule has 0 bridgehead atoms. The summed E-state index contributed by atoms with van der Waals surface area (Å²) in [4.78, 5) is 12.5. The molecule has 0 aliphatic heterocycles. The van der Waals surface area contributed by atoms with Crippen molar-refractivity contribution in [2.45, 2.75) is 0 Å². The number of hydrogen-bond acceptors (Lipinski definition) is 2. The molecule has 4 heteroatoms. The maximum Gasteiger partial charge on any atom is 0.273 e. The normalized spacial score (nSPS) is 9.40. The number of amides is 1. The second-order valence-electron chi connectivity index (χ2n) is 2.16. The van der Waals surface area contributed by atoms with Crippen LogP contribution in [0.25, 0.3) is 0 Å². The van der Waals surface area contributed by atoms with Crippen LogP contribution < -0.4 is 0 Å². The van der Waals surface area contributed by atoms with E-state index >= 15 is 0 Å². The van der Waals surface area contributed by atoms with Gasteiger partial charge in [-0.2, -0.15) is 5.10 Å². The van der Waals surface area contributed by atoms with Crippen LogP contribution in [0.5, 0.6) is 0 Å². The highest BCUT2D eigenvalue weighted by Crippen LogP contribution is 1.94. The third kappa shape index (κ3) is 1.15. The van der Waals surface area contributed by atoms with E-state index in [0.29, 0.717) is 5.69 Å². The first-order chi connectivity index (χ1) is 4.72. The second-order valence-corrected chi connectivity index (χ2v) is 2.16. The molecule has 10 heavy (non-hydrogen) atoms. The van der Waals surface area contributed by atoms with Crippen LogP contribution >= 0.6 is 0 Å². The molecule has 0 spiro atoms. The molecule has 0 unspecified atom stereocenters. The summed E-state index contributed by atoms with van der Waals surface area (Å²) in [6.07, 6.45) is 1.62. The van der Waals surface area contributed by atoms with E-state index < -0.39 is 0 Å². The largest absolute Gasteiger partial charge is 0.343 e. The molecule has 0 saturated heterocycles. The summed E-state index contributed by atoms with van der Waals surface area (Å²) in [7, 11) is 3.38. The fourth-order valence-corrected chi connectivity index (χ4v) is 0.608. The molecule has 4 nitrogen and oxygen atoms in total. The van der Waals surface area contributed by atoms with Gasteiger partial charge in [0.2, 0.25) is 0 Å². The zero-order chi connectivity index (χ0) is 7.56. The predicted molar refractivity (Wildman–Crippen MR) is 36.6 cm³/mol. The molecule has 0 saturated carbocycles. The first-order valence-electron chi connectivity index (χ1n) is 2.93. The average molecular weight is 139 g/mol. The third-order valence-corrected chi connectivity index (χ3v) is 1.13. The Kier molecular flexibility index (Phi) is 1.71. The predicted octanol–water partition coefficient (Wildman–Crippen LogP) is 0.111. The Hall–Kier alpha value is -1.32. The molecule has 0 atom stereocenters. The van der Waals surface area contributed by atoms with Gasteiger partial charge in [0.1, 0.15) is 5.69 Å². The third-order valence-electron chi connectivity index (χ3n) is 1.13. The van der Waals surface area contributed by atoms with Crippen molar-refractivity contribution in [2.75, 3.05) is 14.1 Å². The number of aromatic nitrogens is 2. The van der Waals surface area contributed by atoms with Gasteiger partial charge in [-0.3, -0.25) is 9.89 Å². The highest BCUT2D eigenvalue weighted by Gasteiger charge is 2.08. The van der Waals surface area contributed by atoms with E-state index in [0.717, 1.165) is 0 Å². The van der Waals surface area contributed by atoms with E-state index in [-0.39, 0.29) is 5.91 Å². The van der Waals surface area contributed by atoms with Crippen LogP contribution in [0.15, 0.2) is 12.3 Å². The molecule has 1 N–H and O–H groups in total. The lowest BCUT2D eigenvalue weighted by molar-refractivity contribution is 0.0822. The molecule has 0 radical (unpaired) electrons. The molecule has 0 aliphatic carbocycles. The van der Waals surface area contributed by atoms with Gasteiger partial charge in [-0.15, -0.1) is 0 Å². The summed E-state index contributed by atoms with van der Waals surface area (Å²) >= 11 is 0. The van der Waals surface area contributed by atoms with Crippen LogP contribution in [-0.2, 0) is 0 Å². The zero-order valence-electron chi connectivity index (χ0n) is 5.96. The van der Waals surface area contributed by atoms with Gasteiger partial charge in [0.25, 0.3) is 5.91 Å². The Morgan fingerprint density at radius 2 is 2.40 bits per heavy atom. The Bertz CT molecular complexity index is 215. The number of H-pyrrole nitrogens is 1. The fourth-order valence-electron chi connectivity index (χ4n) is 0.608. The zero-order valence-corrected chi connectivity index (χ0v) is 5.96. The minimum absolute atomic E-state index is 0.0822. The standard InChI is InChI=1S/C6H9N3O/c1-9(2)6(10)5-3-4-7-8-5/h3-4H,1-2H3,(H,7,8). The van der Waals surface area contributed by atoms with Crippen molar-refractivity contribution in [2.24, 2.45) is 0 Å². The molecule has 1 amide bonds. The Balaban J connectivity index is 2.78. The van der Waals surface area contributed by atoms with Gasteiger partial charge in [-0.1, -0.05) is 0 Å². The number of carbonyl (C=O) groups is 1. The summed E-state index contributed by atoms with van der Waals surface area (Å²) in [5.74, 6) is -0.0822. The molecular weight excluding hydrogens is 130 g/mol. The lowest BCUT2D eigenvalue weighted by Gasteiger charge is -2.05. The van der Waals surface area contributed by atoms with E-state index in [1.807, 2.05) is 0 Å². The van der Waals surface area contributed by atoms with Crippen LogP contribution in [0.1, 0.15) is 10.5 Å². The summed E-state index contributed by atoms with van der Waals surface area (Å²) in [5, 5.41) is 6.29. The van der Waals surface area contributed by atoms with E-state index in [2.05, 4.69) is 10.2 Å². The smallest absolute Gasteiger partial charge is 0.273 e. The topological polar surface area (TPSA) is 49.0 Å². The molecule has 0 aliphatic rings. The van der Waals surface area contributed by atoms with E-state index in [1.54, 1.807) is 26.4 Å². The van der Waals surface area contributed by atoms with Gasteiger partial charge in [-0.05, 0) is 6.07 Å². The minimum atomic E-state index is -0.0822. The Morgan fingerprint density at radius 1 is 1.70 bits per heavy atom. The van der Waals surface area contributed by atoms with Gasteiger partial charge < -0.3 is 4.90 Å². The second kappa shape index (κ2) is 2.51. The van der Waals surface area contributed by atoms with Crippen molar-refractivity contribution in [1.82, 2.24) is 15.1 Å². The number of aromatic amines is 1. The molecule has 1 aromatic rings. The van der Waals surface area contributed by atoms with Crippen molar-refractivity contribution >= 4 is 5.91 Å². The maximum absolute atomic E-state index is 11.0. The summed E-state index contributed by atoms with van der Waals surface area (Å²) in [6.45, 7) is 0. The van der Waals surface area contributed by atoms with Crippen LogP contribution in [-0.4, -0.2) is 35.1 Å². The van der Waals surface area contributed by atoms with Crippen molar-refractivity contribution in [3.63, 3.8) is 0 Å². The van der Waals surface area contributed by atoms with Crippen LogP contribution in [0.3, 0.4) is 0 Å². The lowest BCUT2D eigenvalue weighted by Crippen LogP contribution is -2.21. The highest BCUT2D eigenvalue weighted by atomic mass is 16.2. The monoisotopic (exact) mass is 139 g/mol. The summed E-state index contributed by atoms with van der Waals surface area (Å²) in [6, 6.07) is 1.64. The van der Waals surface area contributed by atoms with Crippen molar-refractivity contribution in [3.05, 3.63) is 18.0 Å². The van der Waals surface area contributed by atoms with Gasteiger partial charge in [0.15, 0.2) is 0 Å². The van der Waals surface area contributed by atoms with Gasteiger partial charge in [0, 0.05) is 20.3 Å². The number of rotatable bonds is 1. The fraction of sp³-hybridized carbons (Fsp3) is 0.333. The molecule has 1 aromatic heterocycles. The van der Waals surface area contributed by atoms with Crippen molar-refractivity contribution in [1.29, 1.82) is 0 Å². The molecule has 1 rings (SSSR count). The molecule has 0 aromatic carbocycles. The van der Waals surface area contributed by atoms with Crippen molar-refractivity contribution in [3.8, 4) is 0 Å². The lowest BCUT2D eigenvalue weighted by atomic mass is 10.4. The number of hydrogen-bond donors (Lipinski definition) is 1. The Labute approximate surface area is 58.8 Å². The van der Waals surface area contributed by atoms with E-state index in [1.165, 1.54) is 4.90 Å². The maximum atomic E-state index is 11.0. The molecule has 54 valence electrons. The van der Waals surface area contributed by atoms with Gasteiger partial charge in [-0.25, -0.2) is 0 Å². The summed E-state index contributed by atoms with van der Waals surface area (Å²) in [5.41, 5.74) is 0.449. The van der Waals surface area contributed by atoms with E-state index in [4.69, 9.17) is 0 Å². The van der Waals surface area contributed by atoms with Crippen molar-refractivity contribution < 1.29 is 4.79 Å². The van der Waals surface area contributed by atoms with Gasteiger partial charge in [0.05, 0.1) is 0 Å². The first-order valence-corrected chi connectivity index (χ1v) is 2.93. The van der Waals surface area contributed by atoms with Crippen LogP contribution in [0.4, 0.5) is 0 Å². The molecule has 0 fully saturated rings. The summed E-state index contributed by atoms with van der Waals surface area (Å²) < 4.78 is 0.